The number of nitrogens with zero attached hydrogens (tertiary/aromatic N) is 1. The Labute approximate surface area is 211 Å². The molecule has 1 amide bonds. The Kier molecular flexibility index (Phi) is 7.97. The molecule has 0 aliphatic rings. The van der Waals surface area contributed by atoms with E-state index in [9.17, 15) is 13.6 Å². The molecule has 1 aromatic heterocycles. The number of rotatable bonds is 8. The summed E-state index contributed by atoms with van der Waals surface area (Å²) >= 11 is 6.19. The molecule has 9 heteroatoms. The summed E-state index contributed by atoms with van der Waals surface area (Å²) in [5.74, 6) is -0.938. The van der Waals surface area contributed by atoms with Gasteiger partial charge >= 0.3 is 6.09 Å². The zero-order valence-electron chi connectivity index (χ0n) is 19.6. The first-order valence-electron chi connectivity index (χ1n) is 11.1. The lowest BCUT2D eigenvalue weighted by Crippen LogP contribution is -2.17. The molecule has 1 atom stereocenters. The number of aromatic nitrogens is 1. The van der Waals surface area contributed by atoms with E-state index in [0.717, 1.165) is 5.56 Å². The highest BCUT2D eigenvalue weighted by molar-refractivity contribution is 6.31. The highest BCUT2D eigenvalue weighted by atomic mass is 35.5. The second-order valence-electron chi connectivity index (χ2n) is 8.06. The highest BCUT2D eigenvalue weighted by Crippen LogP contribution is 2.32. The fourth-order valence-corrected chi connectivity index (χ4v) is 3.86. The maximum atomic E-state index is 13.7. The van der Waals surface area contributed by atoms with Crippen LogP contribution >= 0.6 is 11.6 Å². The van der Waals surface area contributed by atoms with Crippen molar-refractivity contribution in [2.45, 2.75) is 33.2 Å². The van der Waals surface area contributed by atoms with E-state index in [1.165, 1.54) is 18.2 Å². The third kappa shape index (κ3) is 5.90. The first-order chi connectivity index (χ1) is 17.3. The number of aryl methyl sites for hydroxylation is 1. The number of halogens is 3. The molecule has 4 rings (SSSR count). The average molecular weight is 513 g/mol. The molecule has 0 aliphatic heterocycles. The van der Waals surface area contributed by atoms with Gasteiger partial charge in [0, 0.05) is 21.7 Å². The van der Waals surface area contributed by atoms with Gasteiger partial charge in [0.15, 0.2) is 5.76 Å². The van der Waals surface area contributed by atoms with Gasteiger partial charge in [0.2, 0.25) is 0 Å². The SMILES string of the molecule is Cc1noc(-c2ccc(COCc3c(F)cccc3F)cc2)c1NC(=O)OC(C)c1ccccc1Cl. The normalized spacial score (nSPS) is 11.8. The van der Waals surface area contributed by atoms with Gasteiger partial charge in [-0.05, 0) is 37.6 Å². The molecule has 0 bridgehead atoms. The molecule has 1 heterocycles. The van der Waals surface area contributed by atoms with Crippen LogP contribution in [0.25, 0.3) is 11.3 Å². The number of anilines is 1. The lowest BCUT2D eigenvalue weighted by atomic mass is 10.1. The zero-order valence-corrected chi connectivity index (χ0v) is 20.3. The highest BCUT2D eigenvalue weighted by Gasteiger charge is 2.20. The number of amides is 1. The molecule has 1 N–H and O–H groups in total. The molecule has 36 heavy (non-hydrogen) atoms. The van der Waals surface area contributed by atoms with E-state index in [0.29, 0.717) is 33.3 Å². The number of carbonyl (C=O) groups excluding carboxylic acids is 1. The van der Waals surface area contributed by atoms with Crippen LogP contribution in [0.2, 0.25) is 5.02 Å². The minimum atomic E-state index is -0.680. The third-order valence-corrected chi connectivity index (χ3v) is 5.85. The van der Waals surface area contributed by atoms with Gasteiger partial charge in [0.05, 0.1) is 13.2 Å². The van der Waals surface area contributed by atoms with Gasteiger partial charge in [-0.15, -0.1) is 0 Å². The maximum Gasteiger partial charge on any atom is 0.412 e. The summed E-state index contributed by atoms with van der Waals surface area (Å²) in [7, 11) is 0. The fourth-order valence-electron chi connectivity index (χ4n) is 3.57. The number of benzene rings is 3. The summed E-state index contributed by atoms with van der Waals surface area (Å²) < 4.78 is 43.9. The van der Waals surface area contributed by atoms with E-state index in [1.807, 2.05) is 6.07 Å². The van der Waals surface area contributed by atoms with Crippen LogP contribution in [0.3, 0.4) is 0 Å². The topological polar surface area (TPSA) is 73.6 Å². The fraction of sp³-hybridized carbons (Fsp3) is 0.185. The van der Waals surface area contributed by atoms with Crippen molar-refractivity contribution in [2.24, 2.45) is 0 Å². The van der Waals surface area contributed by atoms with Crippen LogP contribution in [0.15, 0.2) is 71.3 Å². The Morgan fingerprint density at radius 1 is 1.03 bits per heavy atom. The molecule has 0 saturated heterocycles. The number of nitrogens with one attached hydrogen (secondary N) is 1. The zero-order chi connectivity index (χ0) is 25.7. The molecule has 186 valence electrons. The molecule has 4 aromatic rings. The van der Waals surface area contributed by atoms with Gasteiger partial charge in [0.1, 0.15) is 29.1 Å². The largest absolute Gasteiger partial charge is 0.441 e. The van der Waals surface area contributed by atoms with Gasteiger partial charge in [-0.2, -0.15) is 0 Å². The van der Waals surface area contributed by atoms with Gasteiger partial charge < -0.3 is 14.0 Å². The van der Waals surface area contributed by atoms with E-state index in [2.05, 4.69) is 10.5 Å². The smallest absolute Gasteiger partial charge is 0.412 e. The van der Waals surface area contributed by atoms with Crippen LogP contribution < -0.4 is 5.32 Å². The van der Waals surface area contributed by atoms with Crippen LogP contribution in [0.1, 0.15) is 35.4 Å². The molecule has 0 radical (unpaired) electrons. The molecule has 0 aliphatic carbocycles. The quantitative estimate of drug-likeness (QED) is 0.263. The Morgan fingerprint density at radius 2 is 1.72 bits per heavy atom. The van der Waals surface area contributed by atoms with Crippen molar-refractivity contribution in [2.75, 3.05) is 5.32 Å². The average Bonchev–Trinajstić information content (AvgIpc) is 3.21. The summed E-state index contributed by atoms with van der Waals surface area (Å²) in [6.07, 6.45) is -1.25. The third-order valence-electron chi connectivity index (χ3n) is 5.51. The number of ether oxygens (including phenoxy) is 2. The second-order valence-corrected chi connectivity index (χ2v) is 8.46. The molecule has 0 fully saturated rings. The maximum absolute atomic E-state index is 13.7. The van der Waals surface area contributed by atoms with Gasteiger partial charge in [-0.1, -0.05) is 65.3 Å². The minimum absolute atomic E-state index is 0.113. The van der Waals surface area contributed by atoms with Crippen molar-refractivity contribution >= 4 is 23.4 Å². The first-order valence-corrected chi connectivity index (χ1v) is 11.5. The van der Waals surface area contributed by atoms with Crippen molar-refractivity contribution in [3.8, 4) is 11.3 Å². The van der Waals surface area contributed by atoms with Crippen LogP contribution in [-0.2, 0) is 22.7 Å². The van der Waals surface area contributed by atoms with Gasteiger partial charge in [-0.3, -0.25) is 5.32 Å². The Morgan fingerprint density at radius 3 is 2.42 bits per heavy atom. The lowest BCUT2D eigenvalue weighted by molar-refractivity contribution is 0.102. The Bertz CT molecular complexity index is 1340. The number of hydrogen-bond donors (Lipinski definition) is 1. The number of carbonyl (C=O) groups is 1. The number of hydrogen-bond acceptors (Lipinski definition) is 5. The molecule has 3 aromatic carbocycles. The van der Waals surface area contributed by atoms with Crippen molar-refractivity contribution in [3.05, 3.63) is 106 Å². The van der Waals surface area contributed by atoms with Crippen molar-refractivity contribution in [1.82, 2.24) is 5.16 Å². The monoisotopic (exact) mass is 512 g/mol. The predicted molar refractivity (Wildman–Crippen MR) is 131 cm³/mol. The molecule has 1 unspecified atom stereocenters. The van der Waals surface area contributed by atoms with E-state index >= 15 is 0 Å². The molecule has 0 spiro atoms. The van der Waals surface area contributed by atoms with Crippen LogP contribution in [-0.4, -0.2) is 11.2 Å². The summed E-state index contributed by atoms with van der Waals surface area (Å²) in [6, 6.07) is 17.9. The second kappa shape index (κ2) is 11.3. The Hall–Kier alpha value is -3.75. The van der Waals surface area contributed by atoms with Crippen molar-refractivity contribution in [1.29, 1.82) is 0 Å². The minimum Gasteiger partial charge on any atom is -0.441 e. The molecular formula is C27H23ClF2N2O4. The van der Waals surface area contributed by atoms with Gasteiger partial charge in [0.25, 0.3) is 0 Å². The Balaban J connectivity index is 1.39. The lowest BCUT2D eigenvalue weighted by Gasteiger charge is -2.15. The summed E-state index contributed by atoms with van der Waals surface area (Å²) in [4.78, 5) is 12.6. The van der Waals surface area contributed by atoms with Crippen molar-refractivity contribution in [3.63, 3.8) is 0 Å². The van der Waals surface area contributed by atoms with Crippen LogP contribution in [0, 0.1) is 18.6 Å². The van der Waals surface area contributed by atoms with E-state index in [1.54, 1.807) is 56.3 Å². The van der Waals surface area contributed by atoms with E-state index in [-0.39, 0.29) is 18.8 Å². The molecule has 0 saturated carbocycles. The van der Waals surface area contributed by atoms with Crippen LogP contribution in [0.4, 0.5) is 19.3 Å². The standard InChI is InChI=1S/C27H23ClF2N2O4/c1-16-25(31-27(33)35-17(2)20-6-3-4-7-22(20)28)26(36-32-16)19-12-10-18(11-13-19)14-34-15-21-23(29)8-5-9-24(21)30/h3-13,17H,14-15H2,1-2H3,(H,31,33). The van der Waals surface area contributed by atoms with Crippen molar-refractivity contribution < 1.29 is 27.6 Å². The molecule has 6 nitrogen and oxygen atoms in total. The summed E-state index contributed by atoms with van der Waals surface area (Å²) in [6.45, 7) is 3.39. The van der Waals surface area contributed by atoms with E-state index < -0.39 is 23.8 Å². The van der Waals surface area contributed by atoms with Gasteiger partial charge in [-0.25, -0.2) is 13.6 Å². The first kappa shape index (κ1) is 25.3. The van der Waals surface area contributed by atoms with Crippen LogP contribution in [0.5, 0.6) is 0 Å². The molecular weight excluding hydrogens is 490 g/mol. The predicted octanol–water partition coefficient (Wildman–Crippen LogP) is 7.61. The summed E-state index contributed by atoms with van der Waals surface area (Å²) in [5, 5.41) is 7.16. The summed E-state index contributed by atoms with van der Waals surface area (Å²) in [5.41, 5.74) is 2.88. The van der Waals surface area contributed by atoms with E-state index in [4.69, 9.17) is 25.6 Å².